The first-order chi connectivity index (χ1) is 15.7. The normalized spacial score (nSPS) is 28.3. The van der Waals surface area contributed by atoms with Crippen molar-refractivity contribution in [2.75, 3.05) is 0 Å². The molecule has 4 fully saturated rings. The van der Waals surface area contributed by atoms with Crippen molar-refractivity contribution in [1.29, 1.82) is 0 Å². The minimum Gasteiger partial charge on any atom is -0.267 e. The smallest absolute Gasteiger partial charge is 0.267 e. The van der Waals surface area contributed by atoms with Crippen LogP contribution in [0.3, 0.4) is 0 Å². The fraction of sp³-hybridized carbons (Fsp3) is 0.385. The molecular weight excluding hydrogens is 398 g/mol. The third-order valence-corrected chi connectivity index (χ3v) is 7.60. The predicted octanol–water partition coefficient (Wildman–Crippen LogP) is 4.50. The van der Waals surface area contributed by atoms with E-state index in [0.717, 1.165) is 34.7 Å². The number of benzene rings is 1. The van der Waals surface area contributed by atoms with Crippen molar-refractivity contribution in [3.63, 3.8) is 0 Å². The number of nitrogens with zero attached hydrogens (tertiary/aromatic N) is 4. The molecule has 6 heteroatoms. The van der Waals surface area contributed by atoms with Crippen molar-refractivity contribution in [3.05, 3.63) is 77.9 Å². The van der Waals surface area contributed by atoms with E-state index in [9.17, 15) is 4.79 Å². The van der Waals surface area contributed by atoms with Gasteiger partial charge in [0.2, 0.25) is 0 Å². The Morgan fingerprint density at radius 3 is 2.41 bits per heavy atom. The summed E-state index contributed by atoms with van der Waals surface area (Å²) in [6.07, 6.45) is 14.9. The molecule has 0 saturated heterocycles. The van der Waals surface area contributed by atoms with Gasteiger partial charge in [0.05, 0.1) is 23.2 Å². The second kappa shape index (κ2) is 7.69. The number of nitrogens with one attached hydrogen (secondary N) is 1. The van der Waals surface area contributed by atoms with E-state index >= 15 is 0 Å². The van der Waals surface area contributed by atoms with E-state index in [0.29, 0.717) is 5.56 Å². The van der Waals surface area contributed by atoms with Crippen LogP contribution in [0.4, 0.5) is 0 Å². The zero-order valence-electron chi connectivity index (χ0n) is 18.0. The van der Waals surface area contributed by atoms with Crippen LogP contribution in [-0.2, 0) is 5.41 Å². The average Bonchev–Trinajstić information content (AvgIpc) is 3.24. The Bertz CT molecular complexity index is 1120. The zero-order valence-corrected chi connectivity index (χ0v) is 18.0. The minimum atomic E-state index is -0.263. The lowest BCUT2D eigenvalue weighted by molar-refractivity contribution is -0.00739. The maximum Gasteiger partial charge on any atom is 0.272 e. The average molecular weight is 426 g/mol. The molecule has 0 atom stereocenters. The molecule has 1 N–H and O–H groups in total. The number of rotatable bonds is 5. The lowest BCUT2D eigenvalue weighted by Crippen LogP contribution is -2.49. The van der Waals surface area contributed by atoms with E-state index in [2.05, 4.69) is 33.8 Å². The highest BCUT2D eigenvalue weighted by Crippen LogP contribution is 2.60. The maximum atomic E-state index is 12.4. The molecule has 4 aliphatic carbocycles. The number of carbonyl (C=O) groups is 1. The molecule has 0 radical (unpaired) electrons. The Kier molecular flexibility index (Phi) is 4.67. The number of hydrazone groups is 1. The summed E-state index contributed by atoms with van der Waals surface area (Å²) in [6, 6.07) is 13.7. The van der Waals surface area contributed by atoms with Gasteiger partial charge in [0, 0.05) is 29.6 Å². The van der Waals surface area contributed by atoms with Gasteiger partial charge in [0.15, 0.2) is 0 Å². The van der Waals surface area contributed by atoms with Gasteiger partial charge in [-0.25, -0.2) is 10.1 Å². The summed E-state index contributed by atoms with van der Waals surface area (Å²) in [5.41, 5.74) is 6.48. The fourth-order valence-electron chi connectivity index (χ4n) is 6.73. The van der Waals surface area contributed by atoms with Gasteiger partial charge >= 0.3 is 0 Å². The standard InChI is InChI=1S/C26H27N5O/c32-25(21-5-4-8-27-15-21)29-28-16-22-17-31(23-6-2-1-3-7-23)30-24(22)26-12-18-9-19(13-26)11-20(10-18)14-26/h1-8,15-20H,9-14H2,(H,29,32)/b28-16+. The minimum absolute atomic E-state index is 0.142. The van der Waals surface area contributed by atoms with Crippen molar-refractivity contribution in [2.24, 2.45) is 22.9 Å². The first-order valence-corrected chi connectivity index (χ1v) is 11.6. The third kappa shape index (κ3) is 3.44. The molecule has 7 rings (SSSR count). The largest absolute Gasteiger partial charge is 0.272 e. The molecule has 162 valence electrons. The number of amides is 1. The molecule has 0 aliphatic heterocycles. The first-order valence-electron chi connectivity index (χ1n) is 11.6. The summed E-state index contributed by atoms with van der Waals surface area (Å²) in [7, 11) is 0. The summed E-state index contributed by atoms with van der Waals surface area (Å²) in [5, 5.41) is 9.44. The van der Waals surface area contributed by atoms with Gasteiger partial charge in [-0.1, -0.05) is 18.2 Å². The molecule has 4 saturated carbocycles. The Morgan fingerprint density at radius 1 is 1.03 bits per heavy atom. The van der Waals surface area contributed by atoms with Crippen LogP contribution in [0.1, 0.15) is 60.1 Å². The summed E-state index contributed by atoms with van der Waals surface area (Å²) < 4.78 is 1.97. The number of carbonyl (C=O) groups excluding carboxylic acids is 1. The van der Waals surface area contributed by atoms with Gasteiger partial charge in [-0.15, -0.1) is 0 Å². The molecule has 32 heavy (non-hydrogen) atoms. The summed E-state index contributed by atoms with van der Waals surface area (Å²) in [4.78, 5) is 16.4. The highest BCUT2D eigenvalue weighted by molar-refractivity contribution is 5.94. The van der Waals surface area contributed by atoms with Crippen LogP contribution < -0.4 is 5.43 Å². The van der Waals surface area contributed by atoms with E-state index in [1.54, 1.807) is 30.7 Å². The second-order valence-corrected chi connectivity index (χ2v) is 9.85. The second-order valence-electron chi connectivity index (χ2n) is 9.85. The molecule has 1 aromatic carbocycles. The van der Waals surface area contributed by atoms with Crippen molar-refractivity contribution >= 4 is 12.1 Å². The highest BCUT2D eigenvalue weighted by Gasteiger charge is 2.53. The molecule has 4 aliphatic rings. The molecule has 1 amide bonds. The van der Waals surface area contributed by atoms with E-state index in [1.165, 1.54) is 38.5 Å². The first kappa shape index (κ1) is 19.4. The molecule has 0 unspecified atom stereocenters. The molecule has 2 aromatic heterocycles. The van der Waals surface area contributed by atoms with E-state index in [1.807, 2.05) is 22.9 Å². The van der Waals surface area contributed by atoms with Crippen molar-refractivity contribution in [1.82, 2.24) is 20.2 Å². The van der Waals surface area contributed by atoms with Gasteiger partial charge in [0.1, 0.15) is 0 Å². The monoisotopic (exact) mass is 425 g/mol. The van der Waals surface area contributed by atoms with Crippen molar-refractivity contribution in [2.45, 2.75) is 43.9 Å². The molecule has 6 nitrogen and oxygen atoms in total. The maximum absolute atomic E-state index is 12.4. The van der Waals surface area contributed by atoms with Crippen LogP contribution in [-0.4, -0.2) is 26.9 Å². The van der Waals surface area contributed by atoms with Gasteiger partial charge in [-0.2, -0.15) is 10.2 Å². The van der Waals surface area contributed by atoms with Crippen LogP contribution in [0.5, 0.6) is 0 Å². The fourth-order valence-corrected chi connectivity index (χ4v) is 6.73. The Labute approximate surface area is 187 Å². The third-order valence-electron chi connectivity index (χ3n) is 7.60. The van der Waals surface area contributed by atoms with Crippen molar-refractivity contribution in [3.8, 4) is 5.69 Å². The van der Waals surface area contributed by atoms with Crippen LogP contribution in [0, 0.1) is 17.8 Å². The van der Waals surface area contributed by atoms with Gasteiger partial charge in [-0.3, -0.25) is 9.78 Å². The van der Waals surface area contributed by atoms with Gasteiger partial charge in [-0.05, 0) is 80.5 Å². The summed E-state index contributed by atoms with van der Waals surface area (Å²) >= 11 is 0. The van der Waals surface area contributed by atoms with E-state index in [4.69, 9.17) is 5.10 Å². The molecule has 2 heterocycles. The molecule has 3 aromatic rings. The SMILES string of the molecule is O=C(N/N=C/c1cn(-c2ccccc2)nc1C12CC3CC(CC(C3)C1)C2)c1cccnc1. The summed E-state index contributed by atoms with van der Waals surface area (Å²) in [6.45, 7) is 0. The quantitative estimate of drug-likeness (QED) is 0.483. The number of aromatic nitrogens is 3. The van der Waals surface area contributed by atoms with Crippen LogP contribution in [0.25, 0.3) is 5.69 Å². The highest BCUT2D eigenvalue weighted by atomic mass is 16.2. The predicted molar refractivity (Wildman–Crippen MR) is 123 cm³/mol. The molecular formula is C26H27N5O. The van der Waals surface area contributed by atoms with Gasteiger partial charge in [0.25, 0.3) is 5.91 Å². The number of hydrogen-bond donors (Lipinski definition) is 1. The van der Waals surface area contributed by atoms with E-state index in [-0.39, 0.29) is 11.3 Å². The number of para-hydroxylation sites is 1. The Morgan fingerprint density at radius 2 is 1.75 bits per heavy atom. The van der Waals surface area contributed by atoms with Crippen molar-refractivity contribution < 1.29 is 4.79 Å². The zero-order chi connectivity index (χ0) is 21.5. The lowest BCUT2D eigenvalue weighted by Gasteiger charge is -2.56. The summed E-state index contributed by atoms with van der Waals surface area (Å²) in [5.74, 6) is 2.23. The Hall–Kier alpha value is -3.28. The van der Waals surface area contributed by atoms with Crippen LogP contribution >= 0.6 is 0 Å². The van der Waals surface area contributed by atoms with Crippen LogP contribution in [0.2, 0.25) is 0 Å². The van der Waals surface area contributed by atoms with E-state index < -0.39 is 0 Å². The lowest BCUT2D eigenvalue weighted by atomic mass is 9.48. The number of pyridine rings is 1. The number of hydrogen-bond acceptors (Lipinski definition) is 4. The molecule has 4 bridgehead atoms. The van der Waals surface area contributed by atoms with Gasteiger partial charge < -0.3 is 0 Å². The van der Waals surface area contributed by atoms with Crippen LogP contribution in [0.15, 0.2) is 66.2 Å². The Balaban J connectivity index is 1.34. The topological polar surface area (TPSA) is 72.2 Å². The molecule has 0 spiro atoms.